The Bertz CT molecular complexity index is 834. The number of imidazole rings is 1. The molecule has 2 aromatic carbocycles. The molecular weight excluding hydrogens is 298 g/mol. The van der Waals surface area contributed by atoms with Gasteiger partial charge in [-0.25, -0.2) is 4.98 Å². The van der Waals surface area contributed by atoms with Crippen molar-refractivity contribution in [3.05, 3.63) is 54.1 Å². The van der Waals surface area contributed by atoms with Gasteiger partial charge in [0, 0.05) is 24.8 Å². The highest BCUT2D eigenvalue weighted by molar-refractivity contribution is 5.77. The number of piperidine rings is 1. The second-order valence-electron chi connectivity index (χ2n) is 6.17. The average molecular weight is 317 g/mol. The number of anilines is 2. The summed E-state index contributed by atoms with van der Waals surface area (Å²) in [6.45, 7) is 2.01. The fourth-order valence-corrected chi connectivity index (χ4v) is 3.24. The molecular formula is C19H19N5. The highest BCUT2D eigenvalue weighted by Crippen LogP contribution is 2.22. The van der Waals surface area contributed by atoms with Gasteiger partial charge in [0.15, 0.2) is 0 Å². The van der Waals surface area contributed by atoms with E-state index in [1.54, 1.807) is 0 Å². The van der Waals surface area contributed by atoms with Gasteiger partial charge in [-0.3, -0.25) is 0 Å². The lowest BCUT2D eigenvalue weighted by Crippen LogP contribution is -2.39. The van der Waals surface area contributed by atoms with Gasteiger partial charge in [-0.2, -0.15) is 5.26 Å². The normalized spacial score (nSPS) is 15.4. The SMILES string of the molecule is N#Cc1ccc(N2CCC(Nc3nc4ccccc4[nH]3)CC2)cc1. The first-order chi connectivity index (χ1) is 11.8. The number of fused-ring (bicyclic) bond motifs is 1. The number of aromatic amines is 1. The van der Waals surface area contributed by atoms with Gasteiger partial charge in [0.1, 0.15) is 0 Å². The number of rotatable bonds is 3. The Balaban J connectivity index is 1.38. The number of benzene rings is 2. The summed E-state index contributed by atoms with van der Waals surface area (Å²) in [6, 6.07) is 18.5. The first-order valence-electron chi connectivity index (χ1n) is 8.28. The Labute approximate surface area is 140 Å². The number of nitrogens with one attached hydrogen (secondary N) is 2. The first kappa shape index (κ1) is 14.6. The molecule has 5 heteroatoms. The van der Waals surface area contributed by atoms with Crippen LogP contribution in [0.3, 0.4) is 0 Å². The van der Waals surface area contributed by atoms with Crippen LogP contribution in [0.15, 0.2) is 48.5 Å². The second kappa shape index (κ2) is 6.25. The Morgan fingerprint density at radius 3 is 2.54 bits per heavy atom. The van der Waals surface area contributed by atoms with Gasteiger partial charge in [0.2, 0.25) is 5.95 Å². The van der Waals surface area contributed by atoms with Crippen LogP contribution in [0.2, 0.25) is 0 Å². The van der Waals surface area contributed by atoms with Crippen molar-refractivity contribution in [3.8, 4) is 6.07 Å². The van der Waals surface area contributed by atoms with Gasteiger partial charge in [-0.15, -0.1) is 0 Å². The van der Waals surface area contributed by atoms with E-state index in [0.29, 0.717) is 11.6 Å². The molecule has 1 fully saturated rings. The third-order valence-corrected chi connectivity index (χ3v) is 4.59. The summed E-state index contributed by atoms with van der Waals surface area (Å²) in [7, 11) is 0. The zero-order valence-corrected chi connectivity index (χ0v) is 13.4. The Morgan fingerprint density at radius 2 is 1.83 bits per heavy atom. The van der Waals surface area contributed by atoms with E-state index in [9.17, 15) is 0 Å². The molecule has 120 valence electrons. The second-order valence-corrected chi connectivity index (χ2v) is 6.17. The molecule has 1 saturated heterocycles. The third kappa shape index (κ3) is 2.91. The molecule has 0 amide bonds. The summed E-state index contributed by atoms with van der Waals surface area (Å²) in [5.74, 6) is 0.855. The molecule has 2 heterocycles. The van der Waals surface area contributed by atoms with Gasteiger partial charge in [-0.05, 0) is 49.2 Å². The number of nitrogens with zero attached hydrogens (tertiary/aromatic N) is 3. The largest absolute Gasteiger partial charge is 0.371 e. The van der Waals surface area contributed by atoms with Crippen LogP contribution < -0.4 is 10.2 Å². The summed E-state index contributed by atoms with van der Waals surface area (Å²) in [5.41, 5.74) is 3.96. The minimum absolute atomic E-state index is 0.431. The molecule has 1 aliphatic rings. The van der Waals surface area contributed by atoms with Gasteiger partial charge in [-0.1, -0.05) is 12.1 Å². The quantitative estimate of drug-likeness (QED) is 0.775. The van der Waals surface area contributed by atoms with Crippen molar-refractivity contribution in [2.24, 2.45) is 0 Å². The van der Waals surface area contributed by atoms with Gasteiger partial charge < -0.3 is 15.2 Å². The Morgan fingerprint density at radius 1 is 1.08 bits per heavy atom. The minimum atomic E-state index is 0.431. The van der Waals surface area contributed by atoms with Crippen molar-refractivity contribution in [3.63, 3.8) is 0 Å². The van der Waals surface area contributed by atoms with Crippen molar-refractivity contribution in [1.29, 1.82) is 5.26 Å². The number of para-hydroxylation sites is 2. The van der Waals surface area contributed by atoms with Crippen molar-refractivity contribution in [2.45, 2.75) is 18.9 Å². The number of H-pyrrole nitrogens is 1. The lowest BCUT2D eigenvalue weighted by atomic mass is 10.0. The zero-order chi connectivity index (χ0) is 16.4. The van der Waals surface area contributed by atoms with E-state index >= 15 is 0 Å². The summed E-state index contributed by atoms with van der Waals surface area (Å²) < 4.78 is 0. The van der Waals surface area contributed by atoms with Gasteiger partial charge >= 0.3 is 0 Å². The molecule has 1 aliphatic heterocycles. The predicted molar refractivity (Wildman–Crippen MR) is 96.1 cm³/mol. The number of nitriles is 1. The van der Waals surface area contributed by atoms with Crippen LogP contribution in [-0.2, 0) is 0 Å². The zero-order valence-electron chi connectivity index (χ0n) is 13.4. The van der Waals surface area contributed by atoms with E-state index in [0.717, 1.165) is 42.9 Å². The molecule has 1 aromatic heterocycles. The first-order valence-corrected chi connectivity index (χ1v) is 8.28. The van der Waals surface area contributed by atoms with Crippen LogP contribution in [0.25, 0.3) is 11.0 Å². The fourth-order valence-electron chi connectivity index (χ4n) is 3.24. The van der Waals surface area contributed by atoms with E-state index in [2.05, 4.69) is 26.3 Å². The molecule has 0 bridgehead atoms. The molecule has 0 saturated carbocycles. The van der Waals surface area contributed by atoms with Crippen molar-refractivity contribution < 1.29 is 0 Å². The fraction of sp³-hybridized carbons (Fsp3) is 0.263. The highest BCUT2D eigenvalue weighted by Gasteiger charge is 2.20. The molecule has 0 unspecified atom stereocenters. The summed E-state index contributed by atoms with van der Waals surface area (Å²) in [5, 5.41) is 12.4. The number of aromatic nitrogens is 2. The predicted octanol–water partition coefficient (Wildman–Crippen LogP) is 3.52. The molecule has 0 aliphatic carbocycles. The van der Waals surface area contributed by atoms with E-state index in [4.69, 9.17) is 5.26 Å². The minimum Gasteiger partial charge on any atom is -0.371 e. The highest BCUT2D eigenvalue weighted by atomic mass is 15.2. The molecule has 0 atom stereocenters. The average Bonchev–Trinajstić information content (AvgIpc) is 3.05. The van der Waals surface area contributed by atoms with E-state index < -0.39 is 0 Å². The lowest BCUT2D eigenvalue weighted by molar-refractivity contribution is 0.524. The lowest BCUT2D eigenvalue weighted by Gasteiger charge is -2.33. The maximum Gasteiger partial charge on any atom is 0.201 e. The van der Waals surface area contributed by atoms with Crippen molar-refractivity contribution in [2.75, 3.05) is 23.3 Å². The summed E-state index contributed by atoms with van der Waals surface area (Å²) in [4.78, 5) is 10.3. The summed E-state index contributed by atoms with van der Waals surface area (Å²) >= 11 is 0. The van der Waals surface area contributed by atoms with E-state index in [-0.39, 0.29) is 0 Å². The van der Waals surface area contributed by atoms with Crippen molar-refractivity contribution in [1.82, 2.24) is 9.97 Å². The standard InChI is InChI=1S/C19H19N5/c20-13-14-5-7-16(8-6-14)24-11-9-15(10-12-24)21-19-22-17-3-1-2-4-18(17)23-19/h1-8,15H,9-12H2,(H2,21,22,23). The molecule has 5 nitrogen and oxygen atoms in total. The van der Waals surface area contributed by atoms with Crippen LogP contribution in [0.5, 0.6) is 0 Å². The van der Waals surface area contributed by atoms with Crippen molar-refractivity contribution >= 4 is 22.7 Å². The van der Waals surface area contributed by atoms with Crippen LogP contribution in [-0.4, -0.2) is 29.1 Å². The van der Waals surface area contributed by atoms with Crippen LogP contribution in [0, 0.1) is 11.3 Å². The Kier molecular flexibility index (Phi) is 3.80. The van der Waals surface area contributed by atoms with Crippen LogP contribution in [0.1, 0.15) is 18.4 Å². The van der Waals surface area contributed by atoms with Gasteiger partial charge in [0.25, 0.3) is 0 Å². The molecule has 2 N–H and O–H groups in total. The monoisotopic (exact) mass is 317 g/mol. The number of hydrogen-bond acceptors (Lipinski definition) is 4. The smallest absolute Gasteiger partial charge is 0.201 e. The summed E-state index contributed by atoms with van der Waals surface area (Å²) in [6.07, 6.45) is 2.13. The van der Waals surface area contributed by atoms with Crippen LogP contribution in [0.4, 0.5) is 11.6 Å². The molecule has 3 aromatic rings. The van der Waals surface area contributed by atoms with E-state index in [1.165, 1.54) is 5.69 Å². The molecule has 4 rings (SSSR count). The third-order valence-electron chi connectivity index (χ3n) is 4.59. The van der Waals surface area contributed by atoms with Gasteiger partial charge in [0.05, 0.1) is 22.7 Å². The maximum absolute atomic E-state index is 8.89. The maximum atomic E-state index is 8.89. The molecule has 0 radical (unpaired) electrons. The topological polar surface area (TPSA) is 67.7 Å². The molecule has 24 heavy (non-hydrogen) atoms. The number of hydrogen-bond donors (Lipinski definition) is 2. The van der Waals surface area contributed by atoms with Crippen LogP contribution >= 0.6 is 0 Å². The van der Waals surface area contributed by atoms with E-state index in [1.807, 2.05) is 48.5 Å². The molecule has 0 spiro atoms. The Hall–Kier alpha value is -3.00.